The van der Waals surface area contributed by atoms with Gasteiger partial charge in [0.15, 0.2) is 0 Å². The van der Waals surface area contributed by atoms with Crippen LogP contribution in [0.5, 0.6) is 5.75 Å². The van der Waals surface area contributed by atoms with Crippen molar-refractivity contribution in [2.45, 2.75) is 17.5 Å². The third-order valence-electron chi connectivity index (χ3n) is 4.46. The molecule has 0 saturated carbocycles. The Morgan fingerprint density at radius 3 is 1.96 bits per heavy atom. The first-order valence-electron chi connectivity index (χ1n) is 8.48. The molecule has 4 aromatic rings. The molecule has 27 heavy (non-hydrogen) atoms. The van der Waals surface area contributed by atoms with Crippen LogP contribution in [0.4, 0.5) is 0 Å². The van der Waals surface area contributed by atoms with E-state index in [1.54, 1.807) is 23.9 Å². The molecular formula is C21H17Br2NO2S. The highest BCUT2D eigenvalue weighted by Crippen LogP contribution is 2.33. The van der Waals surface area contributed by atoms with Crippen molar-refractivity contribution in [1.29, 1.82) is 0 Å². The molecule has 138 valence electrons. The van der Waals surface area contributed by atoms with Gasteiger partial charge >= 0.3 is 0 Å². The van der Waals surface area contributed by atoms with Crippen molar-refractivity contribution in [3.8, 4) is 5.75 Å². The van der Waals surface area contributed by atoms with Crippen molar-refractivity contribution in [1.82, 2.24) is 4.57 Å². The molecule has 0 aliphatic carbocycles. The van der Waals surface area contributed by atoms with E-state index in [4.69, 9.17) is 0 Å². The zero-order valence-corrected chi connectivity index (χ0v) is 18.3. The molecule has 4 rings (SSSR count). The minimum absolute atomic E-state index is 0.252. The molecule has 1 aromatic heterocycles. The molecule has 0 saturated heterocycles. The van der Waals surface area contributed by atoms with Crippen molar-refractivity contribution in [2.75, 3.05) is 5.75 Å². The van der Waals surface area contributed by atoms with Crippen LogP contribution in [-0.2, 0) is 6.54 Å². The van der Waals surface area contributed by atoms with Crippen LogP contribution >= 0.6 is 43.6 Å². The van der Waals surface area contributed by atoms with E-state index in [1.165, 1.54) is 10.8 Å². The average molecular weight is 507 g/mol. The molecule has 3 aromatic carbocycles. The predicted molar refractivity (Wildman–Crippen MR) is 120 cm³/mol. The van der Waals surface area contributed by atoms with Gasteiger partial charge in [-0.3, -0.25) is 0 Å². The number of phenolic OH excluding ortho intramolecular Hbond substituents is 1. The number of benzene rings is 3. The molecule has 1 unspecified atom stereocenters. The molecule has 3 nitrogen and oxygen atoms in total. The number of aliphatic hydroxyl groups excluding tert-OH is 1. The second-order valence-electron chi connectivity index (χ2n) is 6.39. The van der Waals surface area contributed by atoms with Crippen LogP contribution in [0.15, 0.2) is 74.5 Å². The van der Waals surface area contributed by atoms with Crippen LogP contribution < -0.4 is 0 Å². The molecule has 2 N–H and O–H groups in total. The van der Waals surface area contributed by atoms with E-state index >= 15 is 0 Å². The summed E-state index contributed by atoms with van der Waals surface area (Å²) in [6.45, 7) is 0.522. The Balaban J connectivity index is 1.63. The lowest BCUT2D eigenvalue weighted by atomic mass is 10.2. The van der Waals surface area contributed by atoms with Crippen LogP contribution in [0.2, 0.25) is 0 Å². The zero-order chi connectivity index (χ0) is 19.0. The summed E-state index contributed by atoms with van der Waals surface area (Å²) in [5.74, 6) is 0.835. The van der Waals surface area contributed by atoms with Crippen LogP contribution in [-0.4, -0.2) is 26.6 Å². The van der Waals surface area contributed by atoms with E-state index in [0.717, 1.165) is 24.9 Å². The first kappa shape index (κ1) is 18.9. The number of halogens is 2. The van der Waals surface area contributed by atoms with E-state index in [1.807, 2.05) is 24.3 Å². The van der Waals surface area contributed by atoms with Crippen molar-refractivity contribution in [3.63, 3.8) is 0 Å². The number of hydrogen-bond acceptors (Lipinski definition) is 3. The van der Waals surface area contributed by atoms with Gasteiger partial charge in [0, 0.05) is 47.9 Å². The highest BCUT2D eigenvalue weighted by molar-refractivity contribution is 9.10. The van der Waals surface area contributed by atoms with Crippen LogP contribution in [0.1, 0.15) is 0 Å². The highest BCUT2D eigenvalue weighted by atomic mass is 79.9. The standard InChI is InChI=1S/C21H17Br2NO2S/c22-13-1-7-20-18(9-13)19-10-14(23)2-8-21(19)24(20)11-16(26)12-27-17-5-3-15(25)4-6-17/h1-10,16,25-26H,11-12H2. The van der Waals surface area contributed by atoms with Crippen LogP contribution in [0.3, 0.4) is 0 Å². The van der Waals surface area contributed by atoms with Gasteiger partial charge in [-0.2, -0.15) is 0 Å². The maximum Gasteiger partial charge on any atom is 0.115 e. The molecule has 0 aliphatic heterocycles. The van der Waals surface area contributed by atoms with E-state index in [-0.39, 0.29) is 5.75 Å². The first-order valence-corrected chi connectivity index (χ1v) is 11.1. The van der Waals surface area contributed by atoms with Gasteiger partial charge in [0.05, 0.1) is 6.10 Å². The summed E-state index contributed by atoms with van der Waals surface area (Å²) in [6.07, 6.45) is -0.491. The van der Waals surface area contributed by atoms with Crippen LogP contribution in [0.25, 0.3) is 21.8 Å². The van der Waals surface area contributed by atoms with Crippen LogP contribution in [0, 0.1) is 0 Å². The summed E-state index contributed by atoms with van der Waals surface area (Å²) in [6, 6.07) is 19.5. The summed E-state index contributed by atoms with van der Waals surface area (Å²) in [7, 11) is 0. The van der Waals surface area contributed by atoms with Gasteiger partial charge in [-0.1, -0.05) is 31.9 Å². The zero-order valence-electron chi connectivity index (χ0n) is 14.3. The molecule has 0 aliphatic rings. The fourth-order valence-electron chi connectivity index (χ4n) is 3.24. The van der Waals surface area contributed by atoms with Crippen molar-refractivity contribution >= 4 is 65.4 Å². The maximum atomic E-state index is 10.7. The van der Waals surface area contributed by atoms with E-state index in [9.17, 15) is 10.2 Å². The number of nitrogens with zero attached hydrogens (tertiary/aromatic N) is 1. The topological polar surface area (TPSA) is 45.4 Å². The smallest absolute Gasteiger partial charge is 0.115 e. The Morgan fingerprint density at radius 1 is 0.852 bits per heavy atom. The van der Waals surface area contributed by atoms with E-state index in [2.05, 4.69) is 60.7 Å². The number of aliphatic hydroxyl groups is 1. The molecule has 0 bridgehead atoms. The number of hydrogen-bond donors (Lipinski definition) is 2. The molecule has 1 atom stereocenters. The minimum Gasteiger partial charge on any atom is -0.508 e. The highest BCUT2D eigenvalue weighted by Gasteiger charge is 2.15. The summed E-state index contributed by atoms with van der Waals surface area (Å²) < 4.78 is 4.26. The monoisotopic (exact) mass is 505 g/mol. The summed E-state index contributed by atoms with van der Waals surface area (Å²) in [4.78, 5) is 1.03. The molecule has 0 fully saturated rings. The summed E-state index contributed by atoms with van der Waals surface area (Å²) >= 11 is 8.71. The lowest BCUT2D eigenvalue weighted by Crippen LogP contribution is -2.18. The lowest BCUT2D eigenvalue weighted by molar-refractivity contribution is 0.181. The fraction of sp³-hybridized carbons (Fsp3) is 0.143. The third kappa shape index (κ3) is 4.04. The lowest BCUT2D eigenvalue weighted by Gasteiger charge is -2.14. The first-order chi connectivity index (χ1) is 13.0. The molecule has 0 spiro atoms. The molecule has 0 radical (unpaired) electrons. The number of aromatic nitrogens is 1. The quantitative estimate of drug-likeness (QED) is 0.318. The number of phenols is 1. The van der Waals surface area contributed by atoms with Crippen molar-refractivity contribution in [3.05, 3.63) is 69.6 Å². The SMILES string of the molecule is Oc1ccc(SCC(O)Cn2c3ccc(Br)cc3c3cc(Br)ccc32)cc1. The van der Waals surface area contributed by atoms with Gasteiger partial charge in [-0.05, 0) is 60.7 Å². The Bertz CT molecular complexity index is 1050. The Morgan fingerprint density at radius 2 is 1.41 bits per heavy atom. The van der Waals surface area contributed by atoms with Crippen molar-refractivity contribution < 1.29 is 10.2 Å². The number of aromatic hydroxyl groups is 1. The molecule has 6 heteroatoms. The van der Waals surface area contributed by atoms with Gasteiger partial charge in [-0.15, -0.1) is 11.8 Å². The average Bonchev–Trinajstić information content (AvgIpc) is 2.94. The largest absolute Gasteiger partial charge is 0.508 e. The van der Waals surface area contributed by atoms with Gasteiger partial charge in [0.2, 0.25) is 0 Å². The van der Waals surface area contributed by atoms with Crippen molar-refractivity contribution in [2.24, 2.45) is 0 Å². The minimum atomic E-state index is -0.491. The van der Waals surface area contributed by atoms with Gasteiger partial charge in [0.1, 0.15) is 5.75 Å². The molecule has 0 amide bonds. The Kier molecular flexibility index (Phi) is 5.50. The number of rotatable bonds is 5. The Hall–Kier alpha value is -1.47. The number of fused-ring (bicyclic) bond motifs is 3. The third-order valence-corrected chi connectivity index (χ3v) is 6.60. The number of thioether (sulfide) groups is 1. The van der Waals surface area contributed by atoms with E-state index < -0.39 is 6.10 Å². The van der Waals surface area contributed by atoms with Gasteiger partial charge in [0.25, 0.3) is 0 Å². The fourth-order valence-corrected chi connectivity index (χ4v) is 4.78. The van der Waals surface area contributed by atoms with Gasteiger partial charge < -0.3 is 14.8 Å². The second-order valence-corrected chi connectivity index (χ2v) is 9.32. The maximum absolute atomic E-state index is 10.7. The summed E-state index contributed by atoms with van der Waals surface area (Å²) in [5.41, 5.74) is 2.22. The second kappa shape index (κ2) is 7.87. The Labute approximate surface area is 178 Å². The molecular weight excluding hydrogens is 490 g/mol. The predicted octanol–water partition coefficient (Wildman–Crippen LogP) is 6.18. The van der Waals surface area contributed by atoms with E-state index in [0.29, 0.717) is 12.3 Å². The molecule has 1 heterocycles. The van der Waals surface area contributed by atoms with Gasteiger partial charge in [-0.25, -0.2) is 0 Å². The summed E-state index contributed by atoms with van der Waals surface area (Å²) in [5, 5.41) is 22.4. The normalized spacial score (nSPS) is 12.7.